The van der Waals surface area contributed by atoms with Crippen LogP contribution in [0.1, 0.15) is 16.4 Å². The molecule has 62 heavy (non-hydrogen) atoms. The van der Waals surface area contributed by atoms with Crippen molar-refractivity contribution in [2.75, 3.05) is 0 Å². The van der Waals surface area contributed by atoms with E-state index in [2.05, 4.69) is 4.57 Å². The highest BCUT2D eigenvalue weighted by Gasteiger charge is 2.20. The van der Waals surface area contributed by atoms with Gasteiger partial charge in [-0.05, 0) is 69.8 Å². The van der Waals surface area contributed by atoms with Gasteiger partial charge in [-0.25, -0.2) is 15.0 Å². The van der Waals surface area contributed by atoms with Crippen LogP contribution in [0.5, 0.6) is 0 Å². The molecule has 290 valence electrons. The Hall–Kier alpha value is -7.99. The SMILES string of the molecule is [2H]c1cc([2H])c(-c2cc([2H])c([2H])c3c2sc2c(-c4cccc(-c5nc(-c6ccccc6)nc(-c6ccccc6-n6c7ccccc7c7cc(-c8c([2H])c([2H])c([2H])c([2H])c8[2H])ccc76)n5)c4)cc([2H])c([2H])c23)c([2H])c1. The minimum absolute atomic E-state index is 0.0103. The van der Waals surface area contributed by atoms with Gasteiger partial charge >= 0.3 is 0 Å². The van der Waals surface area contributed by atoms with Gasteiger partial charge in [-0.1, -0.05) is 182 Å². The maximum Gasteiger partial charge on any atom is 0.166 e. The van der Waals surface area contributed by atoms with Gasteiger partial charge < -0.3 is 4.57 Å². The van der Waals surface area contributed by atoms with E-state index in [4.69, 9.17) is 31.4 Å². The zero-order chi connectivity index (χ0) is 51.4. The van der Waals surface area contributed by atoms with Crippen molar-refractivity contribution in [1.29, 1.82) is 0 Å². The summed E-state index contributed by atoms with van der Waals surface area (Å²) in [5.74, 6) is 1.14. The molecule has 0 amide bonds. The van der Waals surface area contributed by atoms with Crippen LogP contribution >= 0.6 is 11.3 Å². The molecule has 0 saturated carbocycles. The van der Waals surface area contributed by atoms with Crippen molar-refractivity contribution in [2.24, 2.45) is 0 Å². The highest BCUT2D eigenvalue weighted by Crippen LogP contribution is 2.44. The number of hydrogen-bond donors (Lipinski definition) is 0. The van der Waals surface area contributed by atoms with Gasteiger partial charge in [0.15, 0.2) is 17.5 Å². The van der Waals surface area contributed by atoms with E-state index >= 15 is 0 Å². The lowest BCUT2D eigenvalue weighted by atomic mass is 9.99. The van der Waals surface area contributed by atoms with Crippen LogP contribution in [0.4, 0.5) is 0 Å². The van der Waals surface area contributed by atoms with Gasteiger partial charge in [0, 0.05) is 47.6 Å². The monoisotopic (exact) mass is 820 g/mol. The van der Waals surface area contributed by atoms with Crippen molar-refractivity contribution in [2.45, 2.75) is 0 Å². The fraction of sp³-hybridized carbons (Fsp3) is 0. The average Bonchev–Trinajstić information content (AvgIpc) is 3.97. The fourth-order valence-electron chi connectivity index (χ4n) is 8.22. The molecule has 0 aliphatic heterocycles. The van der Waals surface area contributed by atoms with E-state index in [-0.39, 0.29) is 65.5 Å². The first kappa shape index (κ1) is 25.6. The van der Waals surface area contributed by atoms with E-state index in [1.165, 1.54) is 29.5 Å². The quantitative estimate of drug-likeness (QED) is 0.161. The Bertz CT molecular complexity index is 4310. The van der Waals surface area contributed by atoms with Crippen LogP contribution in [0.15, 0.2) is 218 Å². The molecule has 0 aliphatic rings. The van der Waals surface area contributed by atoms with Crippen molar-refractivity contribution in [3.05, 3.63) is 218 Å². The van der Waals surface area contributed by atoms with Gasteiger partial charge in [-0.3, -0.25) is 0 Å². The second-order valence-electron chi connectivity index (χ2n) is 14.6. The minimum atomic E-state index is -0.454. The average molecular weight is 821 g/mol. The Morgan fingerprint density at radius 3 is 1.81 bits per heavy atom. The predicted octanol–water partition coefficient (Wildman–Crippen LogP) is 15.3. The zero-order valence-corrected chi connectivity index (χ0v) is 33.4. The van der Waals surface area contributed by atoms with E-state index in [9.17, 15) is 0 Å². The third kappa shape index (κ3) is 6.09. The molecule has 9 aromatic carbocycles. The summed E-state index contributed by atoms with van der Waals surface area (Å²) in [5.41, 5.74) is 6.93. The standard InChI is InChI=1S/C57H36N4S/c1-4-17-37(18-5-1)40-33-34-52-49(36-40)45-25-10-12-31-50(45)61(52)51-32-13-11-26-48(51)57-59-55(39-21-8-3-9-22-39)58-56(60-57)42-24-14-23-41(35-42)44-28-16-30-47-46-29-15-27-43(53(46)62-54(44)47)38-19-6-2-7-20-38/h1-36H/i1D,2D,4D,5D,15D,16D,17D,18D,19D,20D,29D,30D. The second-order valence-corrected chi connectivity index (χ2v) is 15.7. The zero-order valence-electron chi connectivity index (χ0n) is 44.6. The lowest BCUT2D eigenvalue weighted by Gasteiger charge is -2.15. The van der Waals surface area contributed by atoms with Gasteiger partial charge in [0.1, 0.15) is 0 Å². The van der Waals surface area contributed by atoms with E-state index in [0.29, 0.717) is 71.0 Å². The van der Waals surface area contributed by atoms with Crippen molar-refractivity contribution in [3.8, 4) is 73.2 Å². The number of nitrogens with zero attached hydrogens (tertiary/aromatic N) is 4. The number of thiophene rings is 1. The minimum Gasteiger partial charge on any atom is -0.309 e. The Labute approximate surface area is 379 Å². The molecule has 12 aromatic rings. The Balaban J connectivity index is 1.04. The highest BCUT2D eigenvalue weighted by molar-refractivity contribution is 7.26. The maximum absolute atomic E-state index is 9.14. The number of benzene rings is 9. The van der Waals surface area contributed by atoms with E-state index < -0.39 is 18.1 Å². The van der Waals surface area contributed by atoms with Crippen LogP contribution < -0.4 is 0 Å². The summed E-state index contributed by atoms with van der Waals surface area (Å²) in [4.78, 5) is 15.4. The molecular weight excluding hydrogens is 773 g/mol. The molecule has 0 saturated heterocycles. The summed E-state index contributed by atoms with van der Waals surface area (Å²) in [6, 6.07) is 41.7. The second kappa shape index (κ2) is 14.9. The molecule has 0 radical (unpaired) electrons. The highest BCUT2D eigenvalue weighted by atomic mass is 32.1. The number of aromatic nitrogens is 4. The molecule has 0 unspecified atom stereocenters. The Morgan fingerprint density at radius 1 is 0.355 bits per heavy atom. The Kier molecular flexibility index (Phi) is 6.16. The van der Waals surface area contributed by atoms with Gasteiger partial charge in [0.2, 0.25) is 0 Å². The molecule has 3 aromatic heterocycles. The van der Waals surface area contributed by atoms with Crippen molar-refractivity contribution in [3.63, 3.8) is 0 Å². The van der Waals surface area contributed by atoms with Crippen LogP contribution in [0.2, 0.25) is 0 Å². The van der Waals surface area contributed by atoms with Gasteiger partial charge in [0.25, 0.3) is 0 Å². The maximum atomic E-state index is 9.14. The number of rotatable bonds is 7. The molecule has 0 atom stereocenters. The normalized spacial score (nSPS) is 14.3. The van der Waals surface area contributed by atoms with Crippen LogP contribution in [-0.4, -0.2) is 19.5 Å². The summed E-state index contributed by atoms with van der Waals surface area (Å²) in [6.45, 7) is 0. The van der Waals surface area contributed by atoms with Crippen LogP contribution in [-0.2, 0) is 0 Å². The lowest BCUT2D eigenvalue weighted by molar-refractivity contribution is 1.06. The predicted molar refractivity (Wildman–Crippen MR) is 260 cm³/mol. The Morgan fingerprint density at radius 2 is 1.00 bits per heavy atom. The molecule has 5 heteroatoms. The first-order valence-electron chi connectivity index (χ1n) is 25.9. The third-order valence-electron chi connectivity index (χ3n) is 11.0. The van der Waals surface area contributed by atoms with Gasteiger partial charge in [-0.2, -0.15) is 0 Å². The van der Waals surface area contributed by atoms with E-state index in [1.807, 2.05) is 115 Å². The molecule has 0 N–H and O–H groups in total. The molecule has 0 aliphatic carbocycles. The molecule has 3 heterocycles. The number of fused-ring (bicyclic) bond motifs is 6. The molecular formula is C57H36N4S. The molecule has 0 fully saturated rings. The summed E-state index contributed by atoms with van der Waals surface area (Å²) >= 11 is 1.27. The molecule has 4 nitrogen and oxygen atoms in total. The summed E-state index contributed by atoms with van der Waals surface area (Å²) < 4.78 is 107. The van der Waals surface area contributed by atoms with Crippen molar-refractivity contribution >= 4 is 53.3 Å². The van der Waals surface area contributed by atoms with Crippen LogP contribution in [0.3, 0.4) is 0 Å². The van der Waals surface area contributed by atoms with Crippen molar-refractivity contribution in [1.82, 2.24) is 19.5 Å². The fourth-order valence-corrected chi connectivity index (χ4v) is 9.49. The number of para-hydroxylation sites is 2. The largest absolute Gasteiger partial charge is 0.309 e. The third-order valence-corrected chi connectivity index (χ3v) is 12.3. The van der Waals surface area contributed by atoms with Gasteiger partial charge in [0.05, 0.1) is 33.2 Å². The first-order valence-corrected chi connectivity index (χ1v) is 20.7. The van der Waals surface area contributed by atoms with Gasteiger partial charge in [-0.15, -0.1) is 11.3 Å². The topological polar surface area (TPSA) is 43.6 Å². The van der Waals surface area contributed by atoms with Crippen molar-refractivity contribution < 1.29 is 16.4 Å². The van der Waals surface area contributed by atoms with Crippen LogP contribution in [0.25, 0.3) is 115 Å². The summed E-state index contributed by atoms with van der Waals surface area (Å²) in [7, 11) is 0. The van der Waals surface area contributed by atoms with E-state index in [0.717, 1.165) is 33.1 Å². The van der Waals surface area contributed by atoms with Crippen LogP contribution in [0, 0.1) is 0 Å². The smallest absolute Gasteiger partial charge is 0.166 e. The first-order chi connectivity index (χ1) is 35.7. The van der Waals surface area contributed by atoms with E-state index in [1.54, 1.807) is 12.1 Å². The molecule has 0 spiro atoms. The molecule has 0 bridgehead atoms. The molecule has 12 rings (SSSR count). The lowest BCUT2D eigenvalue weighted by Crippen LogP contribution is -2.03. The summed E-state index contributed by atoms with van der Waals surface area (Å²) in [6.07, 6.45) is 0. The summed E-state index contributed by atoms with van der Waals surface area (Å²) in [5, 5.41) is 2.31. The number of hydrogen-bond acceptors (Lipinski definition) is 4.